The number of ether oxygens (including phenoxy) is 2. The molecule has 29 heavy (non-hydrogen) atoms. The zero-order valence-electron chi connectivity index (χ0n) is 16.5. The fraction of sp³-hybridized carbons (Fsp3) is 0.474. The molecule has 3 rings (SSSR count). The molecule has 0 radical (unpaired) electrons. The summed E-state index contributed by atoms with van der Waals surface area (Å²) in [5, 5.41) is 17.7. The summed E-state index contributed by atoms with van der Waals surface area (Å²) in [4.78, 5) is 21.6. The van der Waals surface area contributed by atoms with Gasteiger partial charge in [-0.3, -0.25) is 15.0 Å². The molecule has 0 amide bonds. The third kappa shape index (κ3) is 6.00. The average Bonchev–Trinajstić information content (AvgIpc) is 2.76. The summed E-state index contributed by atoms with van der Waals surface area (Å²) in [5.74, 6) is 1.17. The van der Waals surface area contributed by atoms with Gasteiger partial charge in [0.1, 0.15) is 12.1 Å². The molecule has 0 bridgehead atoms. The first-order valence-electron chi connectivity index (χ1n) is 9.57. The van der Waals surface area contributed by atoms with Gasteiger partial charge >= 0.3 is 5.69 Å². The summed E-state index contributed by atoms with van der Waals surface area (Å²) in [5.41, 5.74) is 0.811. The maximum atomic E-state index is 11.6. The molecule has 2 aromatic rings. The summed E-state index contributed by atoms with van der Waals surface area (Å²) in [7, 11) is 1.60. The second kappa shape index (κ2) is 10.5. The number of benzene rings is 1. The molecule has 0 aliphatic carbocycles. The minimum absolute atomic E-state index is 0.146. The molecule has 1 saturated heterocycles. The Balaban J connectivity index is 1.58. The topological polar surface area (TPSA) is 115 Å². The van der Waals surface area contributed by atoms with Crippen LogP contribution in [-0.4, -0.2) is 66.3 Å². The van der Waals surface area contributed by atoms with Crippen LogP contribution in [0.5, 0.6) is 5.75 Å². The van der Waals surface area contributed by atoms with Crippen molar-refractivity contribution in [3.8, 4) is 5.75 Å². The highest BCUT2D eigenvalue weighted by Crippen LogP contribution is 2.29. The number of nitrogens with zero attached hydrogens (tertiary/aromatic N) is 4. The number of aromatic nitrogens is 2. The largest absolute Gasteiger partial charge is 0.497 e. The van der Waals surface area contributed by atoms with E-state index in [-0.39, 0.29) is 17.3 Å². The van der Waals surface area contributed by atoms with Crippen LogP contribution >= 0.6 is 0 Å². The van der Waals surface area contributed by atoms with E-state index in [9.17, 15) is 10.1 Å². The van der Waals surface area contributed by atoms with Gasteiger partial charge in [-0.15, -0.1) is 0 Å². The highest BCUT2D eigenvalue weighted by molar-refractivity contribution is 5.69. The van der Waals surface area contributed by atoms with Crippen LogP contribution < -0.4 is 15.4 Å². The van der Waals surface area contributed by atoms with Crippen molar-refractivity contribution in [3.63, 3.8) is 0 Å². The van der Waals surface area contributed by atoms with E-state index in [2.05, 4.69) is 25.5 Å². The van der Waals surface area contributed by atoms with Gasteiger partial charge in [-0.2, -0.15) is 0 Å². The van der Waals surface area contributed by atoms with Gasteiger partial charge in [0.2, 0.25) is 11.6 Å². The smallest absolute Gasteiger partial charge is 0.353 e. The van der Waals surface area contributed by atoms with Gasteiger partial charge in [0, 0.05) is 26.2 Å². The number of anilines is 2. The molecule has 1 aromatic carbocycles. The van der Waals surface area contributed by atoms with Crippen LogP contribution in [0.25, 0.3) is 0 Å². The van der Waals surface area contributed by atoms with Gasteiger partial charge in [-0.1, -0.05) is 12.1 Å². The zero-order chi connectivity index (χ0) is 20.5. The Kier molecular flexibility index (Phi) is 7.54. The molecule has 1 fully saturated rings. The minimum atomic E-state index is -0.458. The molecule has 2 heterocycles. The van der Waals surface area contributed by atoms with Crippen molar-refractivity contribution in [1.82, 2.24) is 14.9 Å². The Morgan fingerprint density at radius 3 is 2.52 bits per heavy atom. The Morgan fingerprint density at radius 1 is 1.17 bits per heavy atom. The molecule has 1 aliphatic rings. The number of nitro groups is 1. The molecule has 10 nitrogen and oxygen atoms in total. The minimum Gasteiger partial charge on any atom is -0.497 e. The van der Waals surface area contributed by atoms with Crippen LogP contribution in [0.15, 0.2) is 30.6 Å². The zero-order valence-corrected chi connectivity index (χ0v) is 16.5. The summed E-state index contributed by atoms with van der Waals surface area (Å²) in [6, 6.07) is 7.47. The maximum absolute atomic E-state index is 11.6. The number of nitrogens with one attached hydrogen (secondary N) is 2. The average molecular weight is 402 g/mol. The predicted molar refractivity (Wildman–Crippen MR) is 109 cm³/mol. The van der Waals surface area contributed by atoms with E-state index < -0.39 is 4.92 Å². The van der Waals surface area contributed by atoms with E-state index in [4.69, 9.17) is 9.47 Å². The van der Waals surface area contributed by atoms with E-state index in [1.807, 2.05) is 24.3 Å². The second-order valence-electron chi connectivity index (χ2n) is 6.61. The van der Waals surface area contributed by atoms with Crippen molar-refractivity contribution in [2.75, 3.05) is 57.1 Å². The van der Waals surface area contributed by atoms with E-state index >= 15 is 0 Å². The molecular formula is C19H26N6O4. The number of methoxy groups -OCH3 is 1. The first-order chi connectivity index (χ1) is 14.2. The second-order valence-corrected chi connectivity index (χ2v) is 6.61. The van der Waals surface area contributed by atoms with Crippen molar-refractivity contribution in [3.05, 3.63) is 46.3 Å². The standard InChI is InChI=1S/C19H26N6O4/c1-28-16-5-3-15(4-6-16)13-21-19-17(25(26)27)18(22-14-23-19)20-7-2-8-24-9-11-29-12-10-24/h3-6,14H,2,7-13H2,1H3,(H2,20,21,22,23). The predicted octanol–water partition coefficient (Wildman–Crippen LogP) is 2.14. The number of hydrogen-bond donors (Lipinski definition) is 2. The number of hydrogen-bond acceptors (Lipinski definition) is 9. The van der Waals surface area contributed by atoms with E-state index in [0.29, 0.717) is 13.1 Å². The lowest BCUT2D eigenvalue weighted by Gasteiger charge is -2.26. The first-order valence-corrected chi connectivity index (χ1v) is 9.57. The lowest BCUT2D eigenvalue weighted by molar-refractivity contribution is -0.383. The van der Waals surface area contributed by atoms with Gasteiger partial charge in [0.05, 0.1) is 25.2 Å². The van der Waals surface area contributed by atoms with E-state index in [0.717, 1.165) is 50.6 Å². The van der Waals surface area contributed by atoms with Gasteiger partial charge in [-0.05, 0) is 30.7 Å². The van der Waals surface area contributed by atoms with Crippen LogP contribution in [0.2, 0.25) is 0 Å². The Labute approximate surface area is 169 Å². The SMILES string of the molecule is COc1ccc(CNc2ncnc(NCCCN3CCOCC3)c2[N+](=O)[O-])cc1. The van der Waals surface area contributed by atoms with E-state index in [1.54, 1.807) is 7.11 Å². The fourth-order valence-corrected chi connectivity index (χ4v) is 3.07. The lowest BCUT2D eigenvalue weighted by Crippen LogP contribution is -2.37. The molecule has 10 heteroatoms. The molecule has 0 atom stereocenters. The Morgan fingerprint density at radius 2 is 1.86 bits per heavy atom. The summed E-state index contributed by atoms with van der Waals surface area (Å²) >= 11 is 0. The highest BCUT2D eigenvalue weighted by atomic mass is 16.6. The molecule has 1 aromatic heterocycles. The van der Waals surface area contributed by atoms with Crippen LogP contribution in [0.4, 0.5) is 17.3 Å². The normalized spacial score (nSPS) is 14.4. The molecular weight excluding hydrogens is 376 g/mol. The first kappa shape index (κ1) is 20.7. The van der Waals surface area contributed by atoms with Crippen LogP contribution in [0.3, 0.4) is 0 Å². The van der Waals surface area contributed by atoms with Gasteiger partial charge in [-0.25, -0.2) is 9.97 Å². The molecule has 1 aliphatic heterocycles. The van der Waals surface area contributed by atoms with Crippen LogP contribution in [-0.2, 0) is 11.3 Å². The molecule has 0 saturated carbocycles. The summed E-state index contributed by atoms with van der Waals surface area (Å²) < 4.78 is 10.5. The Hall–Kier alpha value is -2.98. The lowest BCUT2D eigenvalue weighted by atomic mass is 10.2. The van der Waals surface area contributed by atoms with Crippen molar-refractivity contribution in [1.29, 1.82) is 0 Å². The quantitative estimate of drug-likeness (QED) is 0.350. The molecule has 156 valence electrons. The highest BCUT2D eigenvalue weighted by Gasteiger charge is 2.22. The number of morpholine rings is 1. The van der Waals surface area contributed by atoms with Crippen molar-refractivity contribution >= 4 is 17.3 Å². The molecule has 0 spiro atoms. The van der Waals surface area contributed by atoms with Gasteiger partial charge in [0.15, 0.2) is 0 Å². The fourth-order valence-electron chi connectivity index (χ4n) is 3.07. The third-order valence-electron chi connectivity index (χ3n) is 4.67. The number of rotatable bonds is 10. The maximum Gasteiger partial charge on any atom is 0.353 e. The molecule has 2 N–H and O–H groups in total. The van der Waals surface area contributed by atoms with Gasteiger partial charge < -0.3 is 20.1 Å². The van der Waals surface area contributed by atoms with Crippen molar-refractivity contribution in [2.24, 2.45) is 0 Å². The van der Waals surface area contributed by atoms with Crippen molar-refractivity contribution in [2.45, 2.75) is 13.0 Å². The van der Waals surface area contributed by atoms with Gasteiger partial charge in [0.25, 0.3) is 0 Å². The Bertz CT molecular complexity index is 796. The monoisotopic (exact) mass is 402 g/mol. The van der Waals surface area contributed by atoms with Crippen molar-refractivity contribution < 1.29 is 14.4 Å². The van der Waals surface area contributed by atoms with E-state index in [1.165, 1.54) is 6.33 Å². The summed E-state index contributed by atoms with van der Waals surface area (Å²) in [6.45, 7) is 5.27. The third-order valence-corrected chi connectivity index (χ3v) is 4.67. The van der Waals surface area contributed by atoms with Crippen LogP contribution in [0, 0.1) is 10.1 Å². The van der Waals surface area contributed by atoms with Crippen LogP contribution in [0.1, 0.15) is 12.0 Å². The summed E-state index contributed by atoms with van der Waals surface area (Å²) in [6.07, 6.45) is 2.18. The molecule has 0 unspecified atom stereocenters.